The molecule has 2 rings (SSSR count). The van der Waals surface area contributed by atoms with E-state index in [-0.39, 0.29) is 5.56 Å². The zero-order valence-corrected chi connectivity index (χ0v) is 10.7. The number of nitrogens with two attached hydrogens (primary N) is 1. The normalized spacial score (nSPS) is 10.5. The number of furan rings is 1. The molecule has 1 aromatic carbocycles. The molecule has 0 atom stereocenters. The van der Waals surface area contributed by atoms with Crippen LogP contribution in [0.1, 0.15) is 21.7 Å². The summed E-state index contributed by atoms with van der Waals surface area (Å²) in [7, 11) is 0. The van der Waals surface area contributed by atoms with E-state index in [1.54, 1.807) is 11.8 Å². The molecule has 5 heteroatoms. The third-order valence-electron chi connectivity index (χ3n) is 2.60. The van der Waals surface area contributed by atoms with Crippen LogP contribution in [0.5, 0.6) is 0 Å². The molecule has 4 nitrogen and oxygen atoms in total. The first kappa shape index (κ1) is 12.6. The van der Waals surface area contributed by atoms with Crippen molar-refractivity contribution in [3.8, 4) is 0 Å². The van der Waals surface area contributed by atoms with E-state index in [1.165, 1.54) is 12.3 Å². The van der Waals surface area contributed by atoms with Crippen LogP contribution in [0.4, 0.5) is 5.69 Å². The number of thioether (sulfide) groups is 1. The van der Waals surface area contributed by atoms with Crippen LogP contribution in [0.25, 0.3) is 0 Å². The largest absolute Gasteiger partial charge is 0.478 e. The lowest BCUT2D eigenvalue weighted by atomic mass is 10.2. The summed E-state index contributed by atoms with van der Waals surface area (Å²) >= 11 is 1.57. The van der Waals surface area contributed by atoms with E-state index in [4.69, 9.17) is 15.3 Å². The number of hydrogen-bond acceptors (Lipinski definition) is 4. The smallest absolute Gasteiger partial charge is 0.338 e. The maximum absolute atomic E-state index is 10.7. The van der Waals surface area contributed by atoms with Gasteiger partial charge in [-0.1, -0.05) is 6.07 Å². The molecule has 1 heterocycles. The van der Waals surface area contributed by atoms with Crippen LogP contribution in [0, 0.1) is 6.92 Å². The number of carboxylic acids is 1. The van der Waals surface area contributed by atoms with Crippen molar-refractivity contribution in [2.45, 2.75) is 17.6 Å². The molecule has 0 bridgehead atoms. The average Bonchev–Trinajstić information content (AvgIpc) is 2.80. The quantitative estimate of drug-likeness (QED) is 0.654. The molecule has 0 aliphatic heterocycles. The van der Waals surface area contributed by atoms with Gasteiger partial charge in [-0.3, -0.25) is 0 Å². The van der Waals surface area contributed by atoms with Gasteiger partial charge in [0.1, 0.15) is 12.0 Å². The highest BCUT2D eigenvalue weighted by molar-refractivity contribution is 7.98. The Morgan fingerprint density at radius 2 is 2.28 bits per heavy atom. The van der Waals surface area contributed by atoms with Crippen LogP contribution in [-0.4, -0.2) is 11.1 Å². The number of rotatable bonds is 4. The van der Waals surface area contributed by atoms with Crippen molar-refractivity contribution in [1.82, 2.24) is 0 Å². The maximum atomic E-state index is 10.7. The summed E-state index contributed by atoms with van der Waals surface area (Å²) in [6.45, 7) is 1.96. The zero-order chi connectivity index (χ0) is 13.1. The predicted octanol–water partition coefficient (Wildman–Crippen LogP) is 3.16. The van der Waals surface area contributed by atoms with Gasteiger partial charge in [0.15, 0.2) is 0 Å². The Bertz CT molecular complexity index is 577. The Labute approximate surface area is 109 Å². The number of aromatic carboxylic acids is 1. The second kappa shape index (κ2) is 5.18. The standard InChI is InChI=1S/C13H13NO3S/c1-8-11(14)3-2-4-12(8)18-7-10-5-9(6-17-10)13(15)16/h2-6H,7,14H2,1H3,(H,15,16). The lowest BCUT2D eigenvalue weighted by Gasteiger charge is -2.06. The topological polar surface area (TPSA) is 76.5 Å². The van der Waals surface area contributed by atoms with Crippen molar-refractivity contribution in [2.24, 2.45) is 0 Å². The molecular weight excluding hydrogens is 250 g/mol. The van der Waals surface area contributed by atoms with E-state index in [0.29, 0.717) is 11.5 Å². The molecule has 0 unspecified atom stereocenters. The third kappa shape index (κ3) is 2.68. The molecule has 0 fully saturated rings. The van der Waals surface area contributed by atoms with Crippen LogP contribution in [0.2, 0.25) is 0 Å². The summed E-state index contributed by atoms with van der Waals surface area (Å²) in [5.41, 5.74) is 7.78. The molecule has 94 valence electrons. The molecule has 2 aromatic rings. The maximum Gasteiger partial charge on any atom is 0.338 e. The third-order valence-corrected chi connectivity index (χ3v) is 3.78. The molecule has 0 aliphatic carbocycles. The van der Waals surface area contributed by atoms with Gasteiger partial charge < -0.3 is 15.3 Å². The molecule has 0 spiro atoms. The summed E-state index contributed by atoms with van der Waals surface area (Å²) in [4.78, 5) is 11.8. The summed E-state index contributed by atoms with van der Waals surface area (Å²) < 4.78 is 5.18. The molecule has 0 saturated carbocycles. The Kier molecular flexibility index (Phi) is 3.62. The van der Waals surface area contributed by atoms with Crippen molar-refractivity contribution >= 4 is 23.4 Å². The number of hydrogen-bond donors (Lipinski definition) is 2. The van der Waals surface area contributed by atoms with Gasteiger partial charge in [-0.05, 0) is 30.7 Å². The molecule has 0 aliphatic rings. The van der Waals surface area contributed by atoms with Gasteiger partial charge >= 0.3 is 5.97 Å². The summed E-state index contributed by atoms with van der Waals surface area (Å²) in [5.74, 6) is 0.242. The fourth-order valence-electron chi connectivity index (χ4n) is 1.51. The van der Waals surface area contributed by atoms with Crippen molar-refractivity contribution in [3.63, 3.8) is 0 Å². The van der Waals surface area contributed by atoms with Gasteiger partial charge in [0.2, 0.25) is 0 Å². The molecule has 18 heavy (non-hydrogen) atoms. The zero-order valence-electron chi connectivity index (χ0n) is 9.84. The first-order valence-corrected chi connectivity index (χ1v) is 6.35. The minimum atomic E-state index is -0.977. The first-order valence-electron chi connectivity index (χ1n) is 5.36. The Balaban J connectivity index is 2.07. The number of carbonyl (C=O) groups is 1. The van der Waals surface area contributed by atoms with E-state index in [9.17, 15) is 4.79 Å². The summed E-state index contributed by atoms with van der Waals surface area (Å²) in [6, 6.07) is 7.28. The molecule has 3 N–H and O–H groups in total. The van der Waals surface area contributed by atoms with Crippen LogP contribution < -0.4 is 5.73 Å². The highest BCUT2D eigenvalue weighted by Gasteiger charge is 2.09. The molecule has 0 amide bonds. The van der Waals surface area contributed by atoms with Crippen molar-refractivity contribution < 1.29 is 14.3 Å². The Morgan fingerprint density at radius 3 is 2.94 bits per heavy atom. The van der Waals surface area contributed by atoms with E-state index >= 15 is 0 Å². The monoisotopic (exact) mass is 263 g/mol. The number of benzene rings is 1. The minimum absolute atomic E-state index is 0.176. The highest BCUT2D eigenvalue weighted by atomic mass is 32.2. The summed E-state index contributed by atoms with van der Waals surface area (Å²) in [5, 5.41) is 8.78. The van der Waals surface area contributed by atoms with Crippen LogP contribution in [-0.2, 0) is 5.75 Å². The SMILES string of the molecule is Cc1c(N)cccc1SCc1cc(C(=O)O)co1. The lowest BCUT2D eigenvalue weighted by Crippen LogP contribution is -1.92. The lowest BCUT2D eigenvalue weighted by molar-refractivity contribution is 0.0696. The molecular formula is C13H13NO3S. The second-order valence-electron chi connectivity index (χ2n) is 3.87. The minimum Gasteiger partial charge on any atom is -0.478 e. The fraction of sp³-hybridized carbons (Fsp3) is 0.154. The number of carboxylic acid groups (broad SMARTS) is 1. The summed E-state index contributed by atoms with van der Waals surface area (Å²) in [6.07, 6.45) is 1.25. The highest BCUT2D eigenvalue weighted by Crippen LogP contribution is 2.29. The van der Waals surface area contributed by atoms with Gasteiger partial charge in [0.05, 0.1) is 11.3 Å². The fourth-order valence-corrected chi connectivity index (χ4v) is 2.46. The van der Waals surface area contributed by atoms with Crippen molar-refractivity contribution in [2.75, 3.05) is 5.73 Å². The molecule has 0 radical (unpaired) electrons. The molecule has 1 aromatic heterocycles. The number of nitrogen functional groups attached to an aromatic ring is 1. The van der Waals surface area contributed by atoms with Crippen LogP contribution in [0.3, 0.4) is 0 Å². The van der Waals surface area contributed by atoms with E-state index < -0.39 is 5.97 Å². The number of anilines is 1. The van der Waals surface area contributed by atoms with Crippen LogP contribution >= 0.6 is 11.8 Å². The molecule has 0 saturated heterocycles. The van der Waals surface area contributed by atoms with Crippen LogP contribution in [0.15, 0.2) is 39.8 Å². The van der Waals surface area contributed by atoms with Crippen molar-refractivity contribution in [3.05, 3.63) is 47.4 Å². The average molecular weight is 263 g/mol. The second-order valence-corrected chi connectivity index (χ2v) is 4.88. The van der Waals surface area contributed by atoms with E-state index in [0.717, 1.165) is 16.1 Å². The van der Waals surface area contributed by atoms with E-state index in [2.05, 4.69) is 0 Å². The van der Waals surface area contributed by atoms with Gasteiger partial charge in [0, 0.05) is 10.6 Å². The first-order chi connectivity index (χ1) is 8.58. The van der Waals surface area contributed by atoms with Gasteiger partial charge in [0.25, 0.3) is 0 Å². The Morgan fingerprint density at radius 1 is 1.50 bits per heavy atom. The Hall–Kier alpha value is -1.88. The van der Waals surface area contributed by atoms with E-state index in [1.807, 2.05) is 25.1 Å². The van der Waals surface area contributed by atoms with Crippen molar-refractivity contribution in [1.29, 1.82) is 0 Å². The predicted molar refractivity (Wildman–Crippen MR) is 70.8 cm³/mol. The van der Waals surface area contributed by atoms with Gasteiger partial charge in [-0.25, -0.2) is 4.79 Å². The van der Waals surface area contributed by atoms with Gasteiger partial charge in [-0.2, -0.15) is 0 Å². The van der Waals surface area contributed by atoms with Gasteiger partial charge in [-0.15, -0.1) is 11.8 Å².